The molecular weight excluding hydrogens is 380 g/mol. The molecule has 180 valence electrons. The zero-order valence-electron chi connectivity index (χ0n) is 20.0. The van der Waals surface area contributed by atoms with Crippen molar-refractivity contribution in [3.05, 3.63) is 0 Å². The Kier molecular flexibility index (Phi) is 19.8. The molecule has 0 saturated carbocycles. The molecule has 0 spiro atoms. The number of hydrogen-bond acceptors (Lipinski definition) is 5. The molecule has 3 N–H and O–H groups in total. The average Bonchev–Trinajstić information content (AvgIpc) is 2.77. The van der Waals surface area contributed by atoms with Gasteiger partial charge in [0.25, 0.3) is 0 Å². The van der Waals surface area contributed by atoms with Gasteiger partial charge in [0.15, 0.2) is 0 Å². The minimum atomic E-state index is -1.22. The number of esters is 1. The van der Waals surface area contributed by atoms with E-state index in [9.17, 15) is 20.1 Å². The molecule has 0 heterocycles. The highest BCUT2D eigenvalue weighted by atomic mass is 16.5. The second kappa shape index (κ2) is 20.3. The third-order valence-electron chi connectivity index (χ3n) is 6.37. The highest BCUT2D eigenvalue weighted by Crippen LogP contribution is 2.28. The number of carbonyl (C=O) groups excluding carboxylic acids is 1. The van der Waals surface area contributed by atoms with Crippen LogP contribution in [0.5, 0.6) is 0 Å². The molecule has 4 atom stereocenters. The first-order valence-corrected chi connectivity index (χ1v) is 12.6. The molecule has 0 aliphatic rings. The molecule has 5 heteroatoms. The van der Waals surface area contributed by atoms with Gasteiger partial charge in [0.1, 0.15) is 6.10 Å². The number of carbonyl (C=O) groups is 1. The van der Waals surface area contributed by atoms with E-state index in [1.165, 1.54) is 77.7 Å². The Balaban J connectivity index is 3.97. The predicted molar refractivity (Wildman–Crippen MR) is 123 cm³/mol. The van der Waals surface area contributed by atoms with E-state index in [1.54, 1.807) is 0 Å². The average molecular weight is 431 g/mol. The second-order valence-corrected chi connectivity index (χ2v) is 8.83. The molecule has 0 fully saturated rings. The number of hydrogen-bond donors (Lipinski definition) is 3. The van der Waals surface area contributed by atoms with Gasteiger partial charge in [0, 0.05) is 5.92 Å². The van der Waals surface area contributed by atoms with E-state index in [0.717, 1.165) is 19.3 Å². The summed E-state index contributed by atoms with van der Waals surface area (Å²) in [6, 6.07) is 0. The molecule has 30 heavy (non-hydrogen) atoms. The topological polar surface area (TPSA) is 87.0 Å². The fraction of sp³-hybridized carbons (Fsp3) is 0.960. The van der Waals surface area contributed by atoms with Crippen LogP contribution in [0.15, 0.2) is 0 Å². The standard InChI is InChI=1S/C25H50O5/c1-4-6-7-8-9-10-11-12-13-14-15-16-17-18-19-22(24(28)23(27)20-26)21(5-2)25(29)30-3/h21-24,26-28H,4-20H2,1-3H3/t21-,22-,23-,24-/m0/s1. The minimum Gasteiger partial charge on any atom is -0.469 e. The maximum atomic E-state index is 12.1. The maximum Gasteiger partial charge on any atom is 0.309 e. The zero-order chi connectivity index (χ0) is 22.6. The Labute approximate surface area is 185 Å². The summed E-state index contributed by atoms with van der Waals surface area (Å²) in [7, 11) is 1.35. The van der Waals surface area contributed by atoms with Crippen molar-refractivity contribution in [1.82, 2.24) is 0 Å². The maximum absolute atomic E-state index is 12.1. The van der Waals surface area contributed by atoms with Crippen molar-refractivity contribution in [2.24, 2.45) is 11.8 Å². The van der Waals surface area contributed by atoms with Crippen LogP contribution >= 0.6 is 0 Å². The summed E-state index contributed by atoms with van der Waals surface area (Å²) >= 11 is 0. The molecule has 0 bridgehead atoms. The van der Waals surface area contributed by atoms with Gasteiger partial charge in [0.2, 0.25) is 0 Å². The zero-order valence-corrected chi connectivity index (χ0v) is 20.0. The molecule has 0 aromatic heterocycles. The normalized spacial score (nSPS) is 15.5. The minimum absolute atomic E-state index is 0.350. The second-order valence-electron chi connectivity index (χ2n) is 8.83. The molecular formula is C25H50O5. The van der Waals surface area contributed by atoms with Crippen LogP contribution in [0.4, 0.5) is 0 Å². The van der Waals surface area contributed by atoms with Gasteiger partial charge < -0.3 is 20.1 Å². The van der Waals surface area contributed by atoms with E-state index in [0.29, 0.717) is 12.8 Å². The van der Waals surface area contributed by atoms with Crippen molar-refractivity contribution >= 4 is 5.97 Å². The van der Waals surface area contributed by atoms with Crippen molar-refractivity contribution in [2.75, 3.05) is 13.7 Å². The lowest BCUT2D eigenvalue weighted by Gasteiger charge is -2.31. The van der Waals surface area contributed by atoms with E-state index >= 15 is 0 Å². The van der Waals surface area contributed by atoms with E-state index < -0.39 is 24.7 Å². The van der Waals surface area contributed by atoms with Crippen molar-refractivity contribution in [3.8, 4) is 0 Å². The summed E-state index contributed by atoms with van der Waals surface area (Å²) in [5.74, 6) is -1.19. The third kappa shape index (κ3) is 13.6. The number of methoxy groups -OCH3 is 1. The SMILES string of the molecule is CCCCCCCCCCCCCCCC[C@H]([C@H](O)[C@@H](O)CO)[C@H](CC)C(=O)OC. The van der Waals surface area contributed by atoms with E-state index in [1.807, 2.05) is 6.92 Å². The summed E-state index contributed by atoms with van der Waals surface area (Å²) in [6.07, 6.45) is 16.8. The largest absolute Gasteiger partial charge is 0.469 e. The Morgan fingerprint density at radius 1 is 0.767 bits per heavy atom. The number of rotatable bonds is 21. The van der Waals surface area contributed by atoms with Gasteiger partial charge in [0.05, 0.1) is 25.7 Å². The third-order valence-corrected chi connectivity index (χ3v) is 6.37. The first-order chi connectivity index (χ1) is 14.5. The van der Waals surface area contributed by atoms with Crippen LogP contribution in [0.2, 0.25) is 0 Å². The van der Waals surface area contributed by atoms with Crippen molar-refractivity contribution in [1.29, 1.82) is 0 Å². The van der Waals surface area contributed by atoms with Crippen LogP contribution in [0.1, 0.15) is 117 Å². The van der Waals surface area contributed by atoms with Crippen molar-refractivity contribution in [2.45, 2.75) is 129 Å². The van der Waals surface area contributed by atoms with Gasteiger partial charge in [-0.15, -0.1) is 0 Å². The van der Waals surface area contributed by atoms with Crippen molar-refractivity contribution < 1.29 is 24.9 Å². The molecule has 0 radical (unpaired) electrons. The molecule has 0 rings (SSSR count). The molecule has 0 unspecified atom stereocenters. The predicted octanol–water partition coefficient (Wildman–Crippen LogP) is 5.39. The lowest BCUT2D eigenvalue weighted by Crippen LogP contribution is -2.42. The van der Waals surface area contributed by atoms with Gasteiger partial charge in [-0.3, -0.25) is 4.79 Å². The summed E-state index contributed by atoms with van der Waals surface area (Å²) in [4.78, 5) is 12.1. The molecule has 0 aliphatic heterocycles. The summed E-state index contributed by atoms with van der Waals surface area (Å²) < 4.78 is 4.88. The lowest BCUT2D eigenvalue weighted by atomic mass is 9.80. The number of ether oxygens (including phenoxy) is 1. The van der Waals surface area contributed by atoms with E-state index in [-0.39, 0.29) is 11.9 Å². The summed E-state index contributed by atoms with van der Waals surface area (Å²) in [6.45, 7) is 3.64. The Hall–Kier alpha value is -0.650. The quantitative estimate of drug-likeness (QED) is 0.168. The number of aliphatic hydroxyl groups excluding tert-OH is 3. The first-order valence-electron chi connectivity index (χ1n) is 12.6. The van der Waals surface area contributed by atoms with Crippen molar-refractivity contribution in [3.63, 3.8) is 0 Å². The lowest BCUT2D eigenvalue weighted by molar-refractivity contribution is -0.152. The Morgan fingerprint density at radius 2 is 1.20 bits per heavy atom. The number of aliphatic hydroxyl groups is 3. The molecule has 0 aliphatic carbocycles. The smallest absolute Gasteiger partial charge is 0.309 e. The van der Waals surface area contributed by atoms with Gasteiger partial charge in [-0.05, 0) is 12.8 Å². The highest BCUT2D eigenvalue weighted by Gasteiger charge is 2.35. The van der Waals surface area contributed by atoms with Gasteiger partial charge in [-0.25, -0.2) is 0 Å². The molecule has 0 aromatic rings. The summed E-state index contributed by atoms with van der Waals surface area (Å²) in [5.41, 5.74) is 0. The van der Waals surface area contributed by atoms with E-state index in [2.05, 4.69) is 6.92 Å². The first kappa shape index (κ1) is 29.4. The molecule has 0 amide bonds. The highest BCUT2D eigenvalue weighted by molar-refractivity contribution is 5.72. The fourth-order valence-electron chi connectivity index (χ4n) is 4.37. The van der Waals surface area contributed by atoms with E-state index in [4.69, 9.17) is 4.74 Å². The van der Waals surface area contributed by atoms with Crippen LogP contribution < -0.4 is 0 Å². The van der Waals surface area contributed by atoms with Gasteiger partial charge >= 0.3 is 5.97 Å². The van der Waals surface area contributed by atoms with Crippen LogP contribution in [-0.4, -0.2) is 47.2 Å². The van der Waals surface area contributed by atoms with Gasteiger partial charge in [-0.1, -0.05) is 104 Å². The van der Waals surface area contributed by atoms with Crippen LogP contribution in [0, 0.1) is 11.8 Å². The van der Waals surface area contributed by atoms with Gasteiger partial charge in [-0.2, -0.15) is 0 Å². The molecule has 0 saturated heterocycles. The van der Waals surface area contributed by atoms with Crippen LogP contribution in [-0.2, 0) is 9.53 Å². The Bertz CT molecular complexity index is 388. The monoisotopic (exact) mass is 430 g/mol. The number of unbranched alkanes of at least 4 members (excludes halogenated alkanes) is 13. The molecule has 5 nitrogen and oxygen atoms in total. The summed E-state index contributed by atoms with van der Waals surface area (Å²) in [5, 5.41) is 29.4. The molecule has 0 aromatic carbocycles. The Morgan fingerprint density at radius 3 is 1.57 bits per heavy atom. The van der Waals surface area contributed by atoms with Crippen LogP contribution in [0.25, 0.3) is 0 Å². The fourth-order valence-corrected chi connectivity index (χ4v) is 4.37. The van der Waals surface area contributed by atoms with Crippen LogP contribution in [0.3, 0.4) is 0 Å².